The molecule has 5 nitrogen and oxygen atoms in total. The first-order valence-electron chi connectivity index (χ1n) is 9.73. The van der Waals surface area contributed by atoms with Crippen LogP contribution in [0.1, 0.15) is 17.5 Å². The van der Waals surface area contributed by atoms with Gasteiger partial charge >= 0.3 is 5.97 Å². The van der Waals surface area contributed by atoms with Crippen molar-refractivity contribution in [1.82, 2.24) is 5.32 Å². The zero-order valence-electron chi connectivity index (χ0n) is 16.1. The lowest BCUT2D eigenvalue weighted by atomic mass is 9.99. The van der Waals surface area contributed by atoms with Crippen LogP contribution in [0.15, 0.2) is 66.7 Å². The summed E-state index contributed by atoms with van der Waals surface area (Å²) in [6.07, 6.45) is 3.88. The standard InChI is InChI=1S/C24H21FN2O3/c25-18-10-8-16-9-11-19(26-21(16)13-18)14-22(24(29)30)27-23(28)12-17-6-3-5-15-4-1-2-7-20(15)17/h1-11,13,19,22,26H,12,14H2,(H,27,28)(H,29,30). The number of benzene rings is 3. The summed E-state index contributed by atoms with van der Waals surface area (Å²) in [7, 11) is 0. The number of hydrogen-bond acceptors (Lipinski definition) is 3. The van der Waals surface area contributed by atoms with Gasteiger partial charge in [-0.2, -0.15) is 0 Å². The smallest absolute Gasteiger partial charge is 0.326 e. The Hall–Kier alpha value is -3.67. The molecule has 3 N–H and O–H groups in total. The molecule has 1 heterocycles. The van der Waals surface area contributed by atoms with Crippen LogP contribution in [0.2, 0.25) is 0 Å². The second-order valence-electron chi connectivity index (χ2n) is 7.35. The molecule has 0 aromatic heterocycles. The third kappa shape index (κ3) is 4.33. The van der Waals surface area contributed by atoms with Gasteiger partial charge in [0.1, 0.15) is 11.9 Å². The number of carbonyl (C=O) groups is 2. The van der Waals surface area contributed by atoms with Crippen LogP contribution in [-0.4, -0.2) is 29.1 Å². The summed E-state index contributed by atoms with van der Waals surface area (Å²) in [5.41, 5.74) is 2.28. The SMILES string of the molecule is O=C(Cc1cccc2ccccc12)NC(CC1C=Cc2ccc(F)cc2N1)C(=O)O. The molecule has 0 bridgehead atoms. The normalized spacial score (nSPS) is 15.8. The minimum atomic E-state index is -1.11. The second kappa shape index (κ2) is 8.37. The highest BCUT2D eigenvalue weighted by molar-refractivity contribution is 5.91. The quantitative estimate of drug-likeness (QED) is 0.581. The summed E-state index contributed by atoms with van der Waals surface area (Å²) in [4.78, 5) is 24.3. The predicted octanol–water partition coefficient (Wildman–Crippen LogP) is 3.99. The molecule has 0 aliphatic carbocycles. The topological polar surface area (TPSA) is 78.4 Å². The number of carboxylic acid groups (broad SMARTS) is 1. The molecule has 1 amide bonds. The molecule has 0 spiro atoms. The molecular formula is C24H21FN2O3. The van der Waals surface area contributed by atoms with Crippen LogP contribution in [0.3, 0.4) is 0 Å². The molecule has 3 aromatic rings. The largest absolute Gasteiger partial charge is 0.480 e. The van der Waals surface area contributed by atoms with E-state index in [-0.39, 0.29) is 30.6 Å². The van der Waals surface area contributed by atoms with Crippen LogP contribution < -0.4 is 10.6 Å². The maximum absolute atomic E-state index is 13.5. The van der Waals surface area contributed by atoms with Crippen molar-refractivity contribution >= 4 is 34.4 Å². The van der Waals surface area contributed by atoms with E-state index in [0.29, 0.717) is 5.69 Å². The Labute approximate surface area is 173 Å². The molecule has 1 aliphatic heterocycles. The van der Waals surface area contributed by atoms with E-state index >= 15 is 0 Å². The highest BCUT2D eigenvalue weighted by Gasteiger charge is 2.25. The number of fused-ring (bicyclic) bond motifs is 2. The van der Waals surface area contributed by atoms with E-state index in [9.17, 15) is 19.1 Å². The van der Waals surface area contributed by atoms with Gasteiger partial charge in [-0.3, -0.25) is 4.79 Å². The van der Waals surface area contributed by atoms with E-state index in [1.54, 1.807) is 6.07 Å². The van der Waals surface area contributed by atoms with Gasteiger partial charge in [0.15, 0.2) is 0 Å². The van der Waals surface area contributed by atoms with Gasteiger partial charge in [-0.05, 0) is 34.0 Å². The Morgan fingerprint density at radius 3 is 2.73 bits per heavy atom. The number of carboxylic acids is 1. The summed E-state index contributed by atoms with van der Waals surface area (Å²) < 4.78 is 13.5. The molecule has 4 rings (SSSR count). The van der Waals surface area contributed by atoms with Crippen molar-refractivity contribution in [3.63, 3.8) is 0 Å². The van der Waals surface area contributed by atoms with Crippen molar-refractivity contribution in [2.75, 3.05) is 5.32 Å². The summed E-state index contributed by atoms with van der Waals surface area (Å²) in [5.74, 6) is -1.83. The fourth-order valence-electron chi connectivity index (χ4n) is 3.74. The number of halogens is 1. The minimum absolute atomic E-state index is 0.0904. The Kier molecular flexibility index (Phi) is 5.48. The van der Waals surface area contributed by atoms with Gasteiger partial charge < -0.3 is 15.7 Å². The monoisotopic (exact) mass is 404 g/mol. The lowest BCUT2D eigenvalue weighted by molar-refractivity contribution is -0.141. The third-order valence-corrected chi connectivity index (χ3v) is 5.22. The highest BCUT2D eigenvalue weighted by Crippen LogP contribution is 2.25. The fraction of sp³-hybridized carbons (Fsp3) is 0.167. The minimum Gasteiger partial charge on any atom is -0.480 e. The second-order valence-corrected chi connectivity index (χ2v) is 7.35. The Morgan fingerprint density at radius 2 is 1.90 bits per heavy atom. The van der Waals surface area contributed by atoms with Crippen molar-refractivity contribution in [3.05, 3.63) is 83.7 Å². The van der Waals surface area contributed by atoms with Gasteiger partial charge in [0.25, 0.3) is 0 Å². The zero-order valence-corrected chi connectivity index (χ0v) is 16.1. The molecule has 6 heteroatoms. The van der Waals surface area contributed by atoms with E-state index in [1.165, 1.54) is 12.1 Å². The molecule has 3 aromatic carbocycles. The van der Waals surface area contributed by atoms with Crippen LogP contribution in [0.25, 0.3) is 16.8 Å². The summed E-state index contributed by atoms with van der Waals surface area (Å²) in [6.45, 7) is 0. The van der Waals surface area contributed by atoms with Crippen molar-refractivity contribution in [2.24, 2.45) is 0 Å². The van der Waals surface area contributed by atoms with Gasteiger partial charge in [0.05, 0.1) is 6.42 Å². The maximum Gasteiger partial charge on any atom is 0.326 e. The predicted molar refractivity (Wildman–Crippen MR) is 115 cm³/mol. The third-order valence-electron chi connectivity index (χ3n) is 5.22. The van der Waals surface area contributed by atoms with Gasteiger partial charge in [-0.15, -0.1) is 0 Å². The average Bonchev–Trinajstić information content (AvgIpc) is 2.73. The summed E-state index contributed by atoms with van der Waals surface area (Å²) >= 11 is 0. The van der Waals surface area contributed by atoms with Crippen molar-refractivity contribution < 1.29 is 19.1 Å². The summed E-state index contributed by atoms with van der Waals surface area (Å²) in [6, 6.07) is 16.5. The molecule has 2 unspecified atom stereocenters. The molecule has 0 saturated heterocycles. The number of carbonyl (C=O) groups excluding carboxylic acids is 1. The van der Waals surface area contributed by atoms with Gasteiger partial charge in [0, 0.05) is 18.2 Å². The molecule has 0 radical (unpaired) electrons. The highest BCUT2D eigenvalue weighted by atomic mass is 19.1. The molecular weight excluding hydrogens is 383 g/mol. The summed E-state index contributed by atoms with van der Waals surface area (Å²) in [5, 5.41) is 17.4. The van der Waals surface area contributed by atoms with E-state index in [1.807, 2.05) is 54.6 Å². The van der Waals surface area contributed by atoms with E-state index in [2.05, 4.69) is 10.6 Å². The molecule has 2 atom stereocenters. The number of amides is 1. The van der Waals surface area contributed by atoms with Crippen molar-refractivity contribution in [1.29, 1.82) is 0 Å². The molecule has 0 saturated carbocycles. The van der Waals surface area contributed by atoms with Crippen LogP contribution in [-0.2, 0) is 16.0 Å². The molecule has 152 valence electrons. The zero-order chi connectivity index (χ0) is 21.1. The van der Waals surface area contributed by atoms with Crippen LogP contribution in [0.4, 0.5) is 10.1 Å². The van der Waals surface area contributed by atoms with Gasteiger partial charge in [-0.1, -0.05) is 60.7 Å². The fourth-order valence-corrected chi connectivity index (χ4v) is 3.74. The van der Waals surface area contributed by atoms with Crippen LogP contribution >= 0.6 is 0 Å². The molecule has 0 fully saturated rings. The number of hydrogen-bond donors (Lipinski definition) is 3. The number of rotatable bonds is 6. The van der Waals surface area contributed by atoms with Crippen molar-refractivity contribution in [3.8, 4) is 0 Å². The van der Waals surface area contributed by atoms with E-state index < -0.39 is 12.0 Å². The number of aliphatic carboxylic acids is 1. The maximum atomic E-state index is 13.5. The van der Waals surface area contributed by atoms with E-state index in [0.717, 1.165) is 21.9 Å². The Bertz CT molecular complexity index is 1140. The first-order valence-corrected chi connectivity index (χ1v) is 9.73. The Balaban J connectivity index is 1.44. The first-order chi connectivity index (χ1) is 14.5. The molecule has 30 heavy (non-hydrogen) atoms. The lowest BCUT2D eigenvalue weighted by Gasteiger charge is -2.25. The number of nitrogens with one attached hydrogen (secondary N) is 2. The van der Waals surface area contributed by atoms with Gasteiger partial charge in [-0.25, -0.2) is 9.18 Å². The molecule has 1 aliphatic rings. The average molecular weight is 404 g/mol. The number of anilines is 1. The van der Waals surface area contributed by atoms with Crippen LogP contribution in [0.5, 0.6) is 0 Å². The van der Waals surface area contributed by atoms with Crippen molar-refractivity contribution in [2.45, 2.75) is 24.9 Å². The van der Waals surface area contributed by atoms with Gasteiger partial charge in [0.2, 0.25) is 5.91 Å². The first kappa shape index (κ1) is 19.6. The Morgan fingerprint density at radius 1 is 1.10 bits per heavy atom. The van der Waals surface area contributed by atoms with E-state index in [4.69, 9.17) is 0 Å². The lowest BCUT2D eigenvalue weighted by Crippen LogP contribution is -2.44. The van der Waals surface area contributed by atoms with Crippen LogP contribution in [0, 0.1) is 5.82 Å².